The van der Waals surface area contributed by atoms with Crippen molar-refractivity contribution < 1.29 is 4.74 Å². The Morgan fingerprint density at radius 3 is 2.76 bits per heavy atom. The number of thiazole rings is 1. The van der Waals surface area contributed by atoms with Gasteiger partial charge in [0.05, 0.1) is 16.8 Å². The van der Waals surface area contributed by atoms with Crippen molar-refractivity contribution >= 4 is 48.3 Å². The fraction of sp³-hybridized carbons (Fsp3) is 0.188. The van der Waals surface area contributed by atoms with Crippen LogP contribution in [0.5, 0.6) is 5.75 Å². The van der Waals surface area contributed by atoms with Crippen LogP contribution in [0.2, 0.25) is 0 Å². The Morgan fingerprint density at radius 1 is 1.19 bits per heavy atom. The van der Waals surface area contributed by atoms with Crippen molar-refractivity contribution in [3.63, 3.8) is 0 Å². The van der Waals surface area contributed by atoms with E-state index in [1.165, 1.54) is 0 Å². The van der Waals surface area contributed by atoms with E-state index in [-0.39, 0.29) is 0 Å². The van der Waals surface area contributed by atoms with E-state index in [1.807, 2.05) is 36.4 Å². The highest BCUT2D eigenvalue weighted by atomic mass is 79.9. The molecule has 0 atom stereocenters. The number of halogens is 1. The first-order chi connectivity index (χ1) is 10.2. The number of hydrogen-bond acceptors (Lipinski definition) is 4. The molecule has 1 heterocycles. The first-order valence-corrected chi connectivity index (χ1v) is 8.41. The Hall–Kier alpha value is -1.59. The Bertz CT molecular complexity index is 740. The zero-order chi connectivity index (χ0) is 14.7. The monoisotopic (exact) mass is 362 g/mol. The van der Waals surface area contributed by atoms with Crippen LogP contribution < -0.4 is 10.1 Å². The molecule has 0 saturated heterocycles. The van der Waals surface area contributed by atoms with E-state index in [0.717, 1.165) is 44.3 Å². The number of anilines is 2. The first-order valence-electron chi connectivity index (χ1n) is 6.80. The molecule has 0 saturated carbocycles. The molecule has 0 aliphatic rings. The Kier molecular flexibility index (Phi) is 4.41. The summed E-state index contributed by atoms with van der Waals surface area (Å²) in [5.41, 5.74) is 2.02. The Balaban J connectivity index is 1.75. The summed E-state index contributed by atoms with van der Waals surface area (Å²) in [6.45, 7) is 2.85. The van der Waals surface area contributed by atoms with Crippen LogP contribution >= 0.6 is 27.3 Å². The molecule has 1 N–H and O–H groups in total. The van der Waals surface area contributed by atoms with Crippen LogP contribution in [0, 0.1) is 0 Å². The van der Waals surface area contributed by atoms with Crippen LogP contribution in [-0.2, 0) is 0 Å². The summed E-state index contributed by atoms with van der Waals surface area (Å²) in [5, 5.41) is 4.23. The lowest BCUT2D eigenvalue weighted by Crippen LogP contribution is -1.95. The van der Waals surface area contributed by atoms with Crippen LogP contribution in [0.3, 0.4) is 0 Å². The van der Waals surface area contributed by atoms with E-state index in [2.05, 4.69) is 39.2 Å². The van der Waals surface area contributed by atoms with Crippen molar-refractivity contribution in [3.05, 3.63) is 46.9 Å². The molecule has 2 aromatic carbocycles. The minimum absolute atomic E-state index is 0.750. The minimum Gasteiger partial charge on any atom is -0.494 e. The summed E-state index contributed by atoms with van der Waals surface area (Å²) < 4.78 is 7.81. The van der Waals surface area contributed by atoms with Crippen molar-refractivity contribution in [3.8, 4) is 5.75 Å². The summed E-state index contributed by atoms with van der Waals surface area (Å²) in [7, 11) is 0. The van der Waals surface area contributed by atoms with Gasteiger partial charge < -0.3 is 10.1 Å². The first kappa shape index (κ1) is 14.4. The quantitative estimate of drug-likeness (QED) is 0.642. The van der Waals surface area contributed by atoms with Gasteiger partial charge in [-0.1, -0.05) is 34.2 Å². The molecule has 0 bridgehead atoms. The van der Waals surface area contributed by atoms with Gasteiger partial charge in [-0.05, 0) is 48.9 Å². The molecule has 0 amide bonds. The van der Waals surface area contributed by atoms with Gasteiger partial charge in [0.25, 0.3) is 0 Å². The lowest BCUT2D eigenvalue weighted by atomic mass is 10.3. The molecule has 1 aromatic heterocycles. The van der Waals surface area contributed by atoms with Gasteiger partial charge in [-0.2, -0.15) is 0 Å². The average molecular weight is 363 g/mol. The topological polar surface area (TPSA) is 34.1 Å². The fourth-order valence-corrected chi connectivity index (χ4v) is 3.37. The second kappa shape index (κ2) is 6.45. The smallest absolute Gasteiger partial charge is 0.188 e. The molecule has 5 heteroatoms. The van der Waals surface area contributed by atoms with Crippen molar-refractivity contribution in [2.45, 2.75) is 13.3 Å². The Labute approximate surface area is 136 Å². The van der Waals surface area contributed by atoms with Crippen LogP contribution in [0.1, 0.15) is 13.3 Å². The van der Waals surface area contributed by atoms with Gasteiger partial charge in [0.15, 0.2) is 5.13 Å². The predicted octanol–water partition coefficient (Wildman–Crippen LogP) is 5.59. The molecule has 108 valence electrons. The van der Waals surface area contributed by atoms with Gasteiger partial charge in [-0.25, -0.2) is 4.98 Å². The number of nitrogens with one attached hydrogen (secondary N) is 1. The second-order valence-electron chi connectivity index (χ2n) is 4.63. The number of hydrogen-bond donors (Lipinski definition) is 1. The van der Waals surface area contributed by atoms with Gasteiger partial charge in [0.1, 0.15) is 5.75 Å². The second-order valence-corrected chi connectivity index (χ2v) is 6.58. The maximum absolute atomic E-state index is 5.58. The zero-order valence-electron chi connectivity index (χ0n) is 11.6. The normalized spacial score (nSPS) is 10.8. The lowest BCUT2D eigenvalue weighted by Gasteiger charge is -2.06. The van der Waals surface area contributed by atoms with Crippen LogP contribution in [0.4, 0.5) is 10.8 Å². The van der Waals surface area contributed by atoms with E-state index in [9.17, 15) is 0 Å². The van der Waals surface area contributed by atoms with E-state index in [0.29, 0.717) is 0 Å². The van der Waals surface area contributed by atoms with Crippen molar-refractivity contribution in [2.24, 2.45) is 0 Å². The highest BCUT2D eigenvalue weighted by molar-refractivity contribution is 9.10. The van der Waals surface area contributed by atoms with Crippen molar-refractivity contribution in [2.75, 3.05) is 11.9 Å². The van der Waals surface area contributed by atoms with Gasteiger partial charge in [-0.15, -0.1) is 0 Å². The number of aromatic nitrogens is 1. The van der Waals surface area contributed by atoms with Gasteiger partial charge in [-0.3, -0.25) is 0 Å². The summed E-state index contributed by atoms with van der Waals surface area (Å²) >= 11 is 5.12. The Morgan fingerprint density at radius 2 is 2.00 bits per heavy atom. The highest BCUT2D eigenvalue weighted by Crippen LogP contribution is 2.30. The molecule has 0 aliphatic heterocycles. The predicted molar refractivity (Wildman–Crippen MR) is 92.8 cm³/mol. The van der Waals surface area contributed by atoms with E-state index >= 15 is 0 Å². The number of nitrogens with zero attached hydrogens (tertiary/aromatic N) is 1. The molecule has 3 aromatic rings. The third kappa shape index (κ3) is 3.54. The fourth-order valence-electron chi connectivity index (χ4n) is 1.93. The van der Waals surface area contributed by atoms with E-state index in [1.54, 1.807) is 11.3 Å². The molecular weight excluding hydrogens is 348 g/mol. The van der Waals surface area contributed by atoms with Gasteiger partial charge in [0, 0.05) is 10.2 Å². The highest BCUT2D eigenvalue weighted by Gasteiger charge is 2.04. The molecule has 21 heavy (non-hydrogen) atoms. The maximum atomic E-state index is 5.58. The molecule has 0 fully saturated rings. The largest absolute Gasteiger partial charge is 0.494 e. The summed E-state index contributed by atoms with van der Waals surface area (Å²) in [4.78, 5) is 4.58. The molecule has 0 radical (unpaired) electrons. The molecule has 0 spiro atoms. The van der Waals surface area contributed by atoms with Crippen molar-refractivity contribution in [1.82, 2.24) is 4.98 Å². The summed E-state index contributed by atoms with van der Waals surface area (Å²) in [6.07, 6.45) is 1.02. The zero-order valence-corrected chi connectivity index (χ0v) is 14.0. The summed E-state index contributed by atoms with van der Waals surface area (Å²) in [6, 6.07) is 14.1. The van der Waals surface area contributed by atoms with Crippen LogP contribution in [0.25, 0.3) is 10.2 Å². The summed E-state index contributed by atoms with van der Waals surface area (Å²) in [5.74, 6) is 0.899. The lowest BCUT2D eigenvalue weighted by molar-refractivity contribution is 0.317. The number of ether oxygens (including phenoxy) is 1. The number of fused-ring (bicyclic) bond motifs is 1. The third-order valence-electron chi connectivity index (χ3n) is 2.93. The van der Waals surface area contributed by atoms with Gasteiger partial charge in [0.2, 0.25) is 0 Å². The number of benzene rings is 2. The number of rotatable bonds is 5. The van der Waals surface area contributed by atoms with E-state index < -0.39 is 0 Å². The average Bonchev–Trinajstić information content (AvgIpc) is 2.88. The molecule has 3 nitrogen and oxygen atoms in total. The minimum atomic E-state index is 0.750. The molecule has 0 unspecified atom stereocenters. The van der Waals surface area contributed by atoms with Gasteiger partial charge >= 0.3 is 0 Å². The SMILES string of the molecule is CCCOc1ccc(Nc2nc3ccc(Br)cc3s2)cc1. The van der Waals surface area contributed by atoms with Crippen LogP contribution in [0.15, 0.2) is 46.9 Å². The maximum Gasteiger partial charge on any atom is 0.188 e. The third-order valence-corrected chi connectivity index (χ3v) is 4.36. The molecule has 3 rings (SSSR count). The van der Waals surface area contributed by atoms with Crippen molar-refractivity contribution in [1.29, 1.82) is 0 Å². The van der Waals surface area contributed by atoms with E-state index in [4.69, 9.17) is 4.74 Å². The standard InChI is InChI=1S/C16H15BrN2OS/c1-2-9-20-13-6-4-12(5-7-13)18-16-19-14-8-3-11(17)10-15(14)21-16/h3-8,10H,2,9H2,1H3,(H,18,19). The molecule has 0 aliphatic carbocycles. The van der Waals surface area contributed by atoms with Crippen LogP contribution in [-0.4, -0.2) is 11.6 Å². The molecular formula is C16H15BrN2OS.